The van der Waals surface area contributed by atoms with E-state index in [1.165, 1.54) is 0 Å². The molecule has 0 saturated heterocycles. The zero-order valence-electron chi connectivity index (χ0n) is 21.3. The van der Waals surface area contributed by atoms with Gasteiger partial charge < -0.3 is 25.5 Å². The maximum absolute atomic E-state index is 12.8. The van der Waals surface area contributed by atoms with Crippen molar-refractivity contribution in [3.63, 3.8) is 0 Å². The Morgan fingerprint density at radius 1 is 1.14 bits per heavy atom. The van der Waals surface area contributed by atoms with Crippen LogP contribution in [0.25, 0.3) is 11.6 Å². The molecule has 0 atom stereocenters. The van der Waals surface area contributed by atoms with Crippen molar-refractivity contribution in [2.75, 3.05) is 27.1 Å². The van der Waals surface area contributed by atoms with Crippen molar-refractivity contribution in [2.45, 2.75) is 46.5 Å². The smallest absolute Gasteiger partial charge is 0.324 e. The summed E-state index contributed by atoms with van der Waals surface area (Å²) in [5.41, 5.74) is 4.96. The van der Waals surface area contributed by atoms with Crippen molar-refractivity contribution in [3.05, 3.63) is 52.5 Å². The predicted octanol–water partition coefficient (Wildman–Crippen LogP) is 5.62. The largest absolute Gasteiger partial charge is 0.359 e. The topological polar surface area (TPSA) is 141 Å². The molecular formula is C26H29ClN6O4. The molecule has 1 aliphatic heterocycles. The van der Waals surface area contributed by atoms with Gasteiger partial charge in [-0.2, -0.15) is 0 Å². The molecule has 2 aromatic heterocycles. The second-order valence-electron chi connectivity index (χ2n) is 9.83. The average molecular weight is 525 g/mol. The maximum atomic E-state index is 12.8. The fourth-order valence-electron chi connectivity index (χ4n) is 3.92. The van der Waals surface area contributed by atoms with Crippen molar-refractivity contribution < 1.29 is 18.9 Å². The van der Waals surface area contributed by atoms with Crippen molar-refractivity contribution in [2.24, 2.45) is 0 Å². The minimum atomic E-state index is -0.491. The normalized spacial score (nSPS) is 13.9. The third kappa shape index (κ3) is 5.69. The number of amides is 4. The third-order valence-corrected chi connectivity index (χ3v) is 6.09. The van der Waals surface area contributed by atoms with E-state index in [0.717, 1.165) is 11.3 Å². The number of benzene rings is 1. The Hall–Kier alpha value is -4.05. The van der Waals surface area contributed by atoms with E-state index in [4.69, 9.17) is 16.1 Å². The molecule has 0 aliphatic carbocycles. The van der Waals surface area contributed by atoms with E-state index in [1.54, 1.807) is 30.3 Å². The number of hydrogen-bond acceptors (Lipinski definition) is 5. The molecule has 0 radical (unpaired) electrons. The van der Waals surface area contributed by atoms with Crippen LogP contribution in [0, 0.1) is 13.8 Å². The van der Waals surface area contributed by atoms with Gasteiger partial charge in [0.1, 0.15) is 5.76 Å². The SMILES string of the molecule is Cc1[nH]c(/C=C2\C(=O)Nc3cc(NC(=O)Nc4cc(C(C)(C)C)on4)ccc32)c(C)c1NC(=O)CCCl. The van der Waals surface area contributed by atoms with Gasteiger partial charge in [0.25, 0.3) is 5.91 Å². The number of fused-ring (bicyclic) bond motifs is 1. The number of anilines is 4. The highest BCUT2D eigenvalue weighted by atomic mass is 35.5. The molecule has 11 heteroatoms. The molecule has 10 nitrogen and oxygen atoms in total. The van der Waals surface area contributed by atoms with E-state index in [-0.39, 0.29) is 29.5 Å². The van der Waals surface area contributed by atoms with E-state index >= 15 is 0 Å². The molecule has 1 aromatic carbocycles. The molecule has 4 rings (SSSR count). The number of rotatable bonds is 6. The quantitative estimate of drug-likeness (QED) is 0.210. The van der Waals surface area contributed by atoms with Gasteiger partial charge in [-0.05, 0) is 37.6 Å². The van der Waals surface area contributed by atoms with E-state index in [2.05, 4.69) is 31.4 Å². The summed E-state index contributed by atoms with van der Waals surface area (Å²) in [6, 6.07) is 6.34. The summed E-state index contributed by atoms with van der Waals surface area (Å²) >= 11 is 5.66. The van der Waals surface area contributed by atoms with Gasteiger partial charge in [-0.15, -0.1) is 11.6 Å². The Bertz CT molecular complexity index is 1410. The molecule has 5 N–H and O–H groups in total. The molecule has 1 aliphatic rings. The summed E-state index contributed by atoms with van der Waals surface area (Å²) in [5.74, 6) is 0.745. The summed E-state index contributed by atoms with van der Waals surface area (Å²) in [7, 11) is 0. The number of nitrogens with one attached hydrogen (secondary N) is 5. The van der Waals surface area contributed by atoms with Gasteiger partial charge in [-0.1, -0.05) is 32.0 Å². The van der Waals surface area contributed by atoms with Gasteiger partial charge in [-0.25, -0.2) is 4.79 Å². The number of H-pyrrole nitrogens is 1. The van der Waals surface area contributed by atoms with Crippen LogP contribution in [-0.4, -0.2) is 33.9 Å². The number of aromatic nitrogens is 2. The lowest BCUT2D eigenvalue weighted by Crippen LogP contribution is -2.19. The molecule has 4 amide bonds. The number of alkyl halides is 1. The van der Waals surface area contributed by atoms with Crippen LogP contribution >= 0.6 is 11.6 Å². The van der Waals surface area contributed by atoms with E-state index < -0.39 is 6.03 Å². The fraction of sp³-hybridized carbons (Fsp3) is 0.308. The number of urea groups is 1. The molecule has 3 heterocycles. The minimum absolute atomic E-state index is 0.175. The molecule has 194 valence electrons. The van der Waals surface area contributed by atoms with Crippen molar-refractivity contribution >= 4 is 64.0 Å². The molecular weight excluding hydrogens is 496 g/mol. The Morgan fingerprint density at radius 3 is 2.57 bits per heavy atom. The molecule has 0 unspecified atom stereocenters. The van der Waals surface area contributed by atoms with Crippen molar-refractivity contribution in [1.82, 2.24) is 10.1 Å². The fourth-order valence-corrected chi connectivity index (χ4v) is 4.09. The molecule has 0 fully saturated rings. The number of nitrogens with zero attached hydrogens (tertiary/aromatic N) is 1. The minimum Gasteiger partial charge on any atom is -0.359 e. The standard InChI is InChI=1S/C26H29ClN6O4/c1-13-18(28-14(2)23(13)32-22(34)8-9-27)11-17-16-7-6-15(10-19(16)30-24(17)35)29-25(36)31-21-12-20(37-33-21)26(3,4)5/h6-7,10-12,28H,8-9H2,1-5H3,(H,30,35)(H,32,34)(H2,29,31,33,36)/b17-11-. The van der Waals surface area contributed by atoms with Crippen LogP contribution in [0.5, 0.6) is 0 Å². The Balaban J connectivity index is 1.50. The van der Waals surface area contributed by atoms with Gasteiger partial charge in [0.05, 0.1) is 16.9 Å². The number of carbonyl (C=O) groups excluding carboxylic acids is 3. The molecule has 0 bridgehead atoms. The van der Waals surface area contributed by atoms with Crippen LogP contribution in [0.4, 0.5) is 27.7 Å². The van der Waals surface area contributed by atoms with E-state index in [0.29, 0.717) is 45.5 Å². The second-order valence-corrected chi connectivity index (χ2v) is 10.2. The van der Waals surface area contributed by atoms with Crippen LogP contribution in [0.2, 0.25) is 0 Å². The first-order valence-electron chi connectivity index (χ1n) is 11.7. The van der Waals surface area contributed by atoms with E-state index in [1.807, 2.05) is 34.6 Å². The summed E-state index contributed by atoms with van der Waals surface area (Å²) in [5, 5.41) is 15.0. The highest BCUT2D eigenvalue weighted by Gasteiger charge is 2.26. The Kier molecular flexibility index (Phi) is 7.13. The number of carbonyl (C=O) groups is 3. The highest BCUT2D eigenvalue weighted by molar-refractivity contribution is 6.35. The summed E-state index contributed by atoms with van der Waals surface area (Å²) in [6.07, 6.45) is 1.96. The maximum Gasteiger partial charge on any atom is 0.324 e. The first kappa shape index (κ1) is 26.0. The molecule has 37 heavy (non-hydrogen) atoms. The van der Waals surface area contributed by atoms with Crippen LogP contribution in [-0.2, 0) is 15.0 Å². The number of halogens is 1. The predicted molar refractivity (Wildman–Crippen MR) is 145 cm³/mol. The summed E-state index contributed by atoms with van der Waals surface area (Å²) < 4.78 is 5.29. The summed E-state index contributed by atoms with van der Waals surface area (Å²) in [4.78, 5) is 40.5. The van der Waals surface area contributed by atoms with Gasteiger partial charge in [0.2, 0.25) is 5.91 Å². The Labute approximate surface area is 219 Å². The van der Waals surface area contributed by atoms with Gasteiger partial charge in [0.15, 0.2) is 5.82 Å². The summed E-state index contributed by atoms with van der Waals surface area (Å²) in [6.45, 7) is 9.66. The monoisotopic (exact) mass is 524 g/mol. The lowest BCUT2D eigenvalue weighted by atomic mass is 9.93. The second kappa shape index (κ2) is 10.1. The van der Waals surface area contributed by atoms with Crippen LogP contribution in [0.1, 0.15) is 55.5 Å². The van der Waals surface area contributed by atoms with Crippen LogP contribution < -0.4 is 21.3 Å². The van der Waals surface area contributed by atoms with E-state index in [9.17, 15) is 14.4 Å². The number of hydrogen-bond donors (Lipinski definition) is 5. The van der Waals surface area contributed by atoms with Crippen molar-refractivity contribution in [3.8, 4) is 0 Å². The molecule has 0 spiro atoms. The van der Waals surface area contributed by atoms with Crippen LogP contribution in [0.15, 0.2) is 28.8 Å². The van der Waals surface area contributed by atoms with Gasteiger partial charge in [-0.3, -0.25) is 14.9 Å². The average Bonchev–Trinajstić information content (AvgIpc) is 3.47. The zero-order valence-corrected chi connectivity index (χ0v) is 22.0. The Morgan fingerprint density at radius 2 is 1.89 bits per heavy atom. The number of aromatic amines is 1. The first-order chi connectivity index (χ1) is 17.5. The van der Waals surface area contributed by atoms with Crippen LogP contribution in [0.3, 0.4) is 0 Å². The van der Waals surface area contributed by atoms with Gasteiger partial charge in [0, 0.05) is 46.4 Å². The molecule has 0 saturated carbocycles. The van der Waals surface area contributed by atoms with Crippen molar-refractivity contribution in [1.29, 1.82) is 0 Å². The highest BCUT2D eigenvalue weighted by Crippen LogP contribution is 2.36. The number of aryl methyl sites for hydroxylation is 1. The lowest BCUT2D eigenvalue weighted by Gasteiger charge is -2.12. The zero-order chi connectivity index (χ0) is 26.9. The van der Waals surface area contributed by atoms with Gasteiger partial charge >= 0.3 is 6.03 Å². The molecule has 3 aromatic rings. The first-order valence-corrected chi connectivity index (χ1v) is 12.3. The third-order valence-electron chi connectivity index (χ3n) is 5.90. The lowest BCUT2D eigenvalue weighted by molar-refractivity contribution is -0.115.